The van der Waals surface area contributed by atoms with E-state index in [0.29, 0.717) is 18.3 Å². The highest BCUT2D eigenvalue weighted by molar-refractivity contribution is 5.99. The molecular formula is C14H16FNO. The number of halogens is 1. The first-order valence-corrected chi connectivity index (χ1v) is 6.16. The van der Waals surface area contributed by atoms with Crippen LogP contribution in [0.15, 0.2) is 18.2 Å². The Morgan fingerprint density at radius 2 is 2.24 bits per heavy atom. The van der Waals surface area contributed by atoms with E-state index in [0.717, 1.165) is 30.6 Å². The topological polar surface area (TPSA) is 20.3 Å². The molecule has 90 valence electrons. The zero-order valence-electron chi connectivity index (χ0n) is 9.95. The molecule has 2 atom stereocenters. The van der Waals surface area contributed by atoms with Gasteiger partial charge in [0, 0.05) is 24.4 Å². The van der Waals surface area contributed by atoms with Crippen molar-refractivity contribution in [3.8, 4) is 0 Å². The Bertz CT molecular complexity index is 471. The molecule has 17 heavy (non-hydrogen) atoms. The van der Waals surface area contributed by atoms with Gasteiger partial charge in [-0.2, -0.15) is 0 Å². The summed E-state index contributed by atoms with van der Waals surface area (Å²) in [4.78, 5) is 14.3. The normalized spacial score (nSPS) is 28.7. The predicted octanol–water partition coefficient (Wildman–Crippen LogP) is 2.45. The minimum Gasteiger partial charge on any atom is -0.306 e. The molecule has 1 aromatic carbocycles. The number of hydrogen-bond acceptors (Lipinski definition) is 2. The molecule has 1 aliphatic heterocycles. The summed E-state index contributed by atoms with van der Waals surface area (Å²) < 4.78 is 13.4. The molecule has 1 heterocycles. The number of carbonyl (C=O) groups is 1. The lowest BCUT2D eigenvalue weighted by Crippen LogP contribution is -2.40. The Kier molecular flexibility index (Phi) is 2.51. The van der Waals surface area contributed by atoms with Crippen LogP contribution in [0.3, 0.4) is 0 Å². The number of carbonyl (C=O) groups excluding carboxylic acids is 1. The van der Waals surface area contributed by atoms with E-state index in [1.807, 2.05) is 0 Å². The van der Waals surface area contributed by atoms with Crippen LogP contribution in [-0.2, 0) is 0 Å². The summed E-state index contributed by atoms with van der Waals surface area (Å²) in [7, 11) is 2.09. The summed E-state index contributed by atoms with van der Waals surface area (Å²) >= 11 is 0. The number of fused-ring (bicyclic) bond motifs is 3. The Labute approximate surface area is 100 Å². The Balaban J connectivity index is 2.06. The Morgan fingerprint density at radius 3 is 3.06 bits per heavy atom. The molecule has 1 aromatic rings. The van der Waals surface area contributed by atoms with Gasteiger partial charge in [-0.3, -0.25) is 4.79 Å². The monoisotopic (exact) mass is 233 g/mol. The van der Waals surface area contributed by atoms with Gasteiger partial charge in [0.1, 0.15) is 5.82 Å². The molecule has 0 bridgehead atoms. The van der Waals surface area contributed by atoms with Crippen molar-refractivity contribution in [1.82, 2.24) is 4.90 Å². The van der Waals surface area contributed by atoms with Crippen LogP contribution in [0, 0.1) is 11.7 Å². The molecule has 1 aliphatic carbocycles. The lowest BCUT2D eigenvalue weighted by Gasteiger charge is -2.40. The van der Waals surface area contributed by atoms with Crippen molar-refractivity contribution >= 4 is 5.78 Å². The van der Waals surface area contributed by atoms with E-state index >= 15 is 0 Å². The number of likely N-dealkylation sites (tertiary alicyclic amines) is 1. The third kappa shape index (κ3) is 1.78. The highest BCUT2D eigenvalue weighted by atomic mass is 19.1. The summed E-state index contributed by atoms with van der Waals surface area (Å²) in [6.45, 7) is 1.98. The van der Waals surface area contributed by atoms with Crippen molar-refractivity contribution in [2.24, 2.45) is 5.92 Å². The number of hydrogen-bond donors (Lipinski definition) is 0. The first kappa shape index (κ1) is 10.9. The third-order valence-corrected chi connectivity index (χ3v) is 4.12. The molecule has 0 radical (unpaired) electrons. The van der Waals surface area contributed by atoms with E-state index in [1.54, 1.807) is 12.1 Å². The SMILES string of the molecule is CN1CC[C@@H]2CC(=O)c3ccc(F)cc3[C@@H]2C1. The maximum atomic E-state index is 13.4. The molecule has 0 saturated carbocycles. The summed E-state index contributed by atoms with van der Waals surface area (Å²) in [6.07, 6.45) is 1.68. The van der Waals surface area contributed by atoms with Crippen LogP contribution in [0.25, 0.3) is 0 Å². The fraction of sp³-hybridized carbons (Fsp3) is 0.500. The van der Waals surface area contributed by atoms with Crippen LogP contribution in [0.2, 0.25) is 0 Å². The van der Waals surface area contributed by atoms with Crippen molar-refractivity contribution in [3.05, 3.63) is 35.1 Å². The van der Waals surface area contributed by atoms with Crippen LogP contribution < -0.4 is 0 Å². The molecule has 3 rings (SSSR count). The van der Waals surface area contributed by atoms with Crippen LogP contribution in [0.5, 0.6) is 0 Å². The molecular weight excluding hydrogens is 217 g/mol. The van der Waals surface area contributed by atoms with Crippen LogP contribution in [0.4, 0.5) is 4.39 Å². The van der Waals surface area contributed by atoms with Gasteiger partial charge in [0.25, 0.3) is 0 Å². The number of nitrogens with zero attached hydrogens (tertiary/aromatic N) is 1. The van der Waals surface area contributed by atoms with Gasteiger partial charge >= 0.3 is 0 Å². The molecule has 0 N–H and O–H groups in total. The van der Waals surface area contributed by atoms with E-state index < -0.39 is 0 Å². The number of ketones is 1. The number of rotatable bonds is 0. The number of likely N-dealkylation sites (N-methyl/N-ethyl adjacent to an activating group) is 1. The van der Waals surface area contributed by atoms with Gasteiger partial charge < -0.3 is 4.90 Å². The van der Waals surface area contributed by atoms with Crippen molar-refractivity contribution < 1.29 is 9.18 Å². The maximum absolute atomic E-state index is 13.4. The average molecular weight is 233 g/mol. The quantitative estimate of drug-likeness (QED) is 0.686. The van der Waals surface area contributed by atoms with Crippen molar-refractivity contribution in [2.45, 2.75) is 18.8 Å². The largest absolute Gasteiger partial charge is 0.306 e. The second-order valence-electron chi connectivity index (χ2n) is 5.28. The van der Waals surface area contributed by atoms with E-state index in [4.69, 9.17) is 0 Å². The van der Waals surface area contributed by atoms with Gasteiger partial charge in [-0.05, 0) is 49.7 Å². The predicted molar refractivity (Wildman–Crippen MR) is 63.7 cm³/mol. The Morgan fingerprint density at radius 1 is 1.41 bits per heavy atom. The molecule has 2 aliphatic rings. The average Bonchev–Trinajstić information content (AvgIpc) is 2.30. The van der Waals surface area contributed by atoms with E-state index in [9.17, 15) is 9.18 Å². The molecule has 1 saturated heterocycles. The maximum Gasteiger partial charge on any atom is 0.163 e. The standard InChI is InChI=1S/C14H16FNO/c1-16-5-4-9-6-14(17)11-3-2-10(15)7-12(11)13(9)8-16/h2-3,7,9,13H,4-6,8H2,1H3/t9-,13-/m1/s1. The first-order chi connectivity index (χ1) is 8.15. The van der Waals surface area contributed by atoms with Gasteiger partial charge in [-0.1, -0.05) is 0 Å². The van der Waals surface area contributed by atoms with Crippen LogP contribution in [0.1, 0.15) is 34.7 Å². The third-order valence-electron chi connectivity index (χ3n) is 4.12. The van der Waals surface area contributed by atoms with Gasteiger partial charge in [-0.25, -0.2) is 4.39 Å². The number of benzene rings is 1. The van der Waals surface area contributed by atoms with Gasteiger partial charge in [0.2, 0.25) is 0 Å². The minimum atomic E-state index is -0.231. The highest BCUT2D eigenvalue weighted by Gasteiger charge is 2.37. The molecule has 3 heteroatoms. The summed E-state index contributed by atoms with van der Waals surface area (Å²) in [5.74, 6) is 0.696. The highest BCUT2D eigenvalue weighted by Crippen LogP contribution is 2.40. The second kappa shape index (κ2) is 3.91. The lowest BCUT2D eigenvalue weighted by atomic mass is 9.71. The smallest absolute Gasteiger partial charge is 0.163 e. The van der Waals surface area contributed by atoms with E-state index in [-0.39, 0.29) is 11.6 Å². The molecule has 0 amide bonds. The fourth-order valence-corrected chi connectivity index (χ4v) is 3.20. The van der Waals surface area contributed by atoms with Crippen LogP contribution >= 0.6 is 0 Å². The number of piperidine rings is 1. The van der Waals surface area contributed by atoms with Crippen molar-refractivity contribution in [2.75, 3.05) is 20.1 Å². The molecule has 0 aromatic heterocycles. The summed E-state index contributed by atoms with van der Waals surface area (Å²) in [5, 5.41) is 0. The van der Waals surface area contributed by atoms with Crippen molar-refractivity contribution in [1.29, 1.82) is 0 Å². The minimum absolute atomic E-state index is 0.186. The molecule has 1 fully saturated rings. The molecule has 0 unspecified atom stereocenters. The van der Waals surface area contributed by atoms with E-state index in [1.165, 1.54) is 6.07 Å². The summed E-state index contributed by atoms with van der Waals surface area (Å²) in [6, 6.07) is 4.60. The zero-order chi connectivity index (χ0) is 12.0. The first-order valence-electron chi connectivity index (χ1n) is 6.16. The van der Waals surface area contributed by atoms with Gasteiger partial charge in [-0.15, -0.1) is 0 Å². The zero-order valence-corrected chi connectivity index (χ0v) is 9.95. The van der Waals surface area contributed by atoms with Crippen LogP contribution in [-0.4, -0.2) is 30.8 Å². The number of Topliss-reactive ketones (excluding diaryl/α,β-unsaturated/α-hetero) is 1. The van der Waals surface area contributed by atoms with Crippen molar-refractivity contribution in [3.63, 3.8) is 0 Å². The lowest BCUT2D eigenvalue weighted by molar-refractivity contribution is 0.0887. The second-order valence-corrected chi connectivity index (χ2v) is 5.28. The van der Waals surface area contributed by atoms with E-state index in [2.05, 4.69) is 11.9 Å². The summed E-state index contributed by atoms with van der Waals surface area (Å²) in [5.41, 5.74) is 1.67. The van der Waals surface area contributed by atoms with Gasteiger partial charge in [0.15, 0.2) is 5.78 Å². The van der Waals surface area contributed by atoms with Gasteiger partial charge in [0.05, 0.1) is 0 Å². The Hall–Kier alpha value is -1.22. The fourth-order valence-electron chi connectivity index (χ4n) is 3.20. The molecule has 2 nitrogen and oxygen atoms in total. The molecule has 0 spiro atoms.